The summed E-state index contributed by atoms with van der Waals surface area (Å²) < 4.78 is 5.09. The molecule has 0 atom stereocenters. The van der Waals surface area contributed by atoms with Gasteiger partial charge in [-0.15, -0.1) is 0 Å². The molecule has 0 aliphatic heterocycles. The van der Waals surface area contributed by atoms with Crippen LogP contribution in [0.2, 0.25) is 0 Å². The van der Waals surface area contributed by atoms with Gasteiger partial charge in [-0.05, 0) is 55.2 Å². The van der Waals surface area contributed by atoms with E-state index in [1.165, 1.54) is 17.3 Å². The van der Waals surface area contributed by atoms with E-state index in [1.54, 1.807) is 31.4 Å². The number of fused-ring (bicyclic) bond motifs is 1. The molecule has 5 heteroatoms. The maximum atomic E-state index is 12.3. The fourth-order valence-electron chi connectivity index (χ4n) is 2.64. The second kappa shape index (κ2) is 6.84. The molecule has 1 aliphatic carbocycles. The number of carbonyl (C=O) groups is 1. The zero-order valence-corrected chi connectivity index (χ0v) is 13.7. The fraction of sp³-hybridized carbons (Fsp3) is 0.278. The largest absolute Gasteiger partial charge is 0.497 e. The molecule has 4 nitrogen and oxygen atoms in total. The van der Waals surface area contributed by atoms with Crippen LogP contribution in [0.25, 0.3) is 0 Å². The minimum absolute atomic E-state index is 0.0174. The van der Waals surface area contributed by atoms with Crippen molar-refractivity contribution in [1.82, 2.24) is 4.98 Å². The van der Waals surface area contributed by atoms with E-state index in [2.05, 4.69) is 11.1 Å². The van der Waals surface area contributed by atoms with E-state index in [0.29, 0.717) is 16.2 Å². The zero-order valence-electron chi connectivity index (χ0n) is 12.8. The van der Waals surface area contributed by atoms with Gasteiger partial charge < -0.3 is 4.74 Å². The van der Waals surface area contributed by atoms with E-state index < -0.39 is 0 Å². The molecule has 1 aliphatic rings. The predicted molar refractivity (Wildman–Crippen MR) is 89.0 cm³/mol. The summed E-state index contributed by atoms with van der Waals surface area (Å²) in [6, 6.07) is 11.2. The molecule has 0 radical (unpaired) electrons. The van der Waals surface area contributed by atoms with Crippen LogP contribution in [0.4, 0.5) is 0 Å². The van der Waals surface area contributed by atoms with Gasteiger partial charge in [0.1, 0.15) is 16.8 Å². The number of rotatable bonds is 5. The number of hydrogen-bond acceptors (Lipinski definition) is 5. The zero-order chi connectivity index (χ0) is 16.2. The summed E-state index contributed by atoms with van der Waals surface area (Å²) in [5.74, 6) is 1.01. The highest BCUT2D eigenvalue weighted by molar-refractivity contribution is 8.00. The van der Waals surface area contributed by atoms with Crippen LogP contribution in [0.1, 0.15) is 33.6 Å². The number of methoxy groups -OCH3 is 1. The van der Waals surface area contributed by atoms with E-state index in [9.17, 15) is 10.1 Å². The second-order valence-electron chi connectivity index (χ2n) is 5.35. The van der Waals surface area contributed by atoms with Gasteiger partial charge >= 0.3 is 0 Å². The maximum absolute atomic E-state index is 12.3. The van der Waals surface area contributed by atoms with Gasteiger partial charge in [-0.1, -0.05) is 11.8 Å². The average molecular weight is 324 g/mol. The lowest BCUT2D eigenvalue weighted by Crippen LogP contribution is -2.04. The Labute approximate surface area is 139 Å². The SMILES string of the molecule is COc1ccc(C(=O)CSc2nc3c(cc2C#N)CCC3)cc1. The van der Waals surface area contributed by atoms with Gasteiger partial charge in [0.15, 0.2) is 5.78 Å². The Kier molecular flexibility index (Phi) is 4.63. The van der Waals surface area contributed by atoms with Crippen LogP contribution >= 0.6 is 11.8 Å². The van der Waals surface area contributed by atoms with Gasteiger partial charge in [0.2, 0.25) is 0 Å². The van der Waals surface area contributed by atoms with E-state index >= 15 is 0 Å². The fourth-order valence-corrected chi connectivity index (χ4v) is 3.51. The van der Waals surface area contributed by atoms with Gasteiger partial charge in [-0.2, -0.15) is 5.26 Å². The van der Waals surface area contributed by atoms with E-state index in [0.717, 1.165) is 30.7 Å². The van der Waals surface area contributed by atoms with Crippen molar-refractivity contribution in [3.8, 4) is 11.8 Å². The molecule has 1 heterocycles. The van der Waals surface area contributed by atoms with Crippen LogP contribution in [0, 0.1) is 11.3 Å². The topological polar surface area (TPSA) is 63.0 Å². The molecule has 0 unspecified atom stereocenters. The Morgan fingerprint density at radius 1 is 1.35 bits per heavy atom. The highest BCUT2D eigenvalue weighted by Gasteiger charge is 2.17. The average Bonchev–Trinajstić information content (AvgIpc) is 3.06. The Bertz CT molecular complexity index is 779. The summed E-state index contributed by atoms with van der Waals surface area (Å²) in [5, 5.41) is 9.95. The third kappa shape index (κ3) is 3.38. The minimum atomic E-state index is 0.0174. The number of thioether (sulfide) groups is 1. The van der Waals surface area contributed by atoms with Crippen LogP contribution < -0.4 is 4.74 Å². The number of nitrogens with zero attached hydrogens (tertiary/aromatic N) is 2. The molecule has 1 aromatic heterocycles. The lowest BCUT2D eigenvalue weighted by molar-refractivity contribution is 0.102. The summed E-state index contributed by atoms with van der Waals surface area (Å²) in [5.41, 5.74) is 3.45. The quantitative estimate of drug-likeness (QED) is 0.623. The van der Waals surface area contributed by atoms with Crippen molar-refractivity contribution in [2.24, 2.45) is 0 Å². The Balaban J connectivity index is 1.72. The van der Waals surface area contributed by atoms with Gasteiger partial charge in [-0.3, -0.25) is 4.79 Å². The molecule has 2 aromatic rings. The first-order valence-corrected chi connectivity index (χ1v) is 8.43. The standard InChI is InChI=1S/C18H16N2O2S/c1-22-15-7-5-12(6-8-15)17(21)11-23-18-14(10-19)9-13-3-2-4-16(13)20-18/h5-9H,2-4,11H2,1H3. The third-order valence-corrected chi connectivity index (χ3v) is 4.88. The van der Waals surface area contributed by atoms with Crippen LogP contribution in [0.5, 0.6) is 5.75 Å². The van der Waals surface area contributed by atoms with Crippen molar-refractivity contribution >= 4 is 17.5 Å². The summed E-state index contributed by atoms with van der Waals surface area (Å²) in [6.45, 7) is 0. The molecule has 116 valence electrons. The molecule has 0 saturated carbocycles. The van der Waals surface area contributed by atoms with Crippen molar-refractivity contribution in [3.63, 3.8) is 0 Å². The van der Waals surface area contributed by atoms with E-state index in [1.807, 2.05) is 6.07 Å². The highest BCUT2D eigenvalue weighted by Crippen LogP contribution is 2.28. The number of Topliss-reactive ketones (excluding diaryl/α,β-unsaturated/α-hetero) is 1. The second-order valence-corrected chi connectivity index (χ2v) is 6.32. The predicted octanol–water partition coefficient (Wildman–Crippen LogP) is 3.43. The monoisotopic (exact) mass is 324 g/mol. The molecule has 0 N–H and O–H groups in total. The van der Waals surface area contributed by atoms with Gasteiger partial charge in [0, 0.05) is 11.3 Å². The maximum Gasteiger partial charge on any atom is 0.173 e. The summed E-state index contributed by atoms with van der Waals surface area (Å²) in [4.78, 5) is 16.9. The van der Waals surface area contributed by atoms with Crippen molar-refractivity contribution in [2.75, 3.05) is 12.9 Å². The third-order valence-electron chi connectivity index (χ3n) is 3.89. The normalized spacial score (nSPS) is 12.5. The van der Waals surface area contributed by atoms with Crippen molar-refractivity contribution in [1.29, 1.82) is 5.26 Å². The molecular weight excluding hydrogens is 308 g/mol. The van der Waals surface area contributed by atoms with Gasteiger partial charge in [0.05, 0.1) is 18.4 Å². The van der Waals surface area contributed by atoms with Crippen molar-refractivity contribution in [3.05, 3.63) is 52.7 Å². The van der Waals surface area contributed by atoms with Gasteiger partial charge in [-0.25, -0.2) is 4.98 Å². The number of pyridine rings is 1. The molecule has 3 rings (SSSR count). The van der Waals surface area contributed by atoms with Crippen LogP contribution in [0.3, 0.4) is 0 Å². The Morgan fingerprint density at radius 2 is 2.13 bits per heavy atom. The molecule has 0 fully saturated rings. The number of carbonyl (C=O) groups excluding carboxylic acids is 1. The molecular formula is C18H16N2O2S. The Hall–Kier alpha value is -2.32. The number of aryl methyl sites for hydroxylation is 2. The number of nitriles is 1. The molecule has 0 amide bonds. The first-order valence-electron chi connectivity index (χ1n) is 7.44. The van der Waals surface area contributed by atoms with Crippen LogP contribution in [-0.2, 0) is 12.8 Å². The lowest BCUT2D eigenvalue weighted by Gasteiger charge is -2.07. The number of ketones is 1. The molecule has 0 spiro atoms. The summed E-state index contributed by atoms with van der Waals surface area (Å²) >= 11 is 1.34. The van der Waals surface area contributed by atoms with Crippen molar-refractivity contribution in [2.45, 2.75) is 24.3 Å². The first-order chi connectivity index (χ1) is 11.2. The number of aromatic nitrogens is 1. The molecule has 0 bridgehead atoms. The van der Waals surface area contributed by atoms with Gasteiger partial charge in [0.25, 0.3) is 0 Å². The van der Waals surface area contributed by atoms with Crippen molar-refractivity contribution < 1.29 is 9.53 Å². The summed E-state index contributed by atoms with van der Waals surface area (Å²) in [6.07, 6.45) is 3.04. The number of ether oxygens (including phenoxy) is 1. The van der Waals surface area contributed by atoms with E-state index in [-0.39, 0.29) is 11.5 Å². The molecule has 0 saturated heterocycles. The number of benzene rings is 1. The minimum Gasteiger partial charge on any atom is -0.497 e. The molecule has 23 heavy (non-hydrogen) atoms. The Morgan fingerprint density at radius 3 is 2.83 bits per heavy atom. The highest BCUT2D eigenvalue weighted by atomic mass is 32.2. The van der Waals surface area contributed by atoms with E-state index in [4.69, 9.17) is 4.74 Å². The van der Waals surface area contributed by atoms with Crippen LogP contribution in [-0.4, -0.2) is 23.6 Å². The smallest absolute Gasteiger partial charge is 0.173 e. The molecule has 1 aromatic carbocycles. The lowest BCUT2D eigenvalue weighted by atomic mass is 10.1. The number of hydrogen-bond donors (Lipinski definition) is 0. The summed E-state index contributed by atoms with van der Waals surface area (Å²) in [7, 11) is 1.59. The van der Waals surface area contributed by atoms with Crippen LogP contribution in [0.15, 0.2) is 35.4 Å². The first kappa shape index (κ1) is 15.6.